The molecule has 0 aromatic heterocycles. The van der Waals surface area contributed by atoms with Gasteiger partial charge in [-0.05, 0) is 0 Å². The van der Waals surface area contributed by atoms with Crippen molar-refractivity contribution in [3.05, 3.63) is 0 Å². The first-order chi connectivity index (χ1) is 4.79. The van der Waals surface area contributed by atoms with Gasteiger partial charge in [0.1, 0.15) is 0 Å². The van der Waals surface area contributed by atoms with Crippen LogP contribution < -0.4 is 0 Å². The zero-order valence-electron chi connectivity index (χ0n) is 5.69. The number of aliphatic hydroxyl groups is 2. The molecule has 0 atom stereocenters. The van der Waals surface area contributed by atoms with Gasteiger partial charge in [-0.1, -0.05) is 0 Å². The molecule has 0 spiro atoms. The van der Waals surface area contributed by atoms with Gasteiger partial charge in [0.15, 0.2) is 0 Å². The summed E-state index contributed by atoms with van der Waals surface area (Å²) in [7, 11) is 0. The Bertz CT molecular complexity index is 79.7. The molecule has 0 aromatic rings. The maximum absolute atomic E-state index is 8.43. The number of aliphatic hydroxyl groups excluding tert-OH is 2. The van der Waals surface area contributed by atoms with E-state index in [9.17, 15) is 0 Å². The van der Waals surface area contributed by atoms with Crippen molar-refractivity contribution in [2.24, 2.45) is 0 Å². The van der Waals surface area contributed by atoms with E-state index >= 15 is 0 Å². The van der Waals surface area contributed by atoms with E-state index in [1.807, 2.05) is 0 Å². The van der Waals surface area contributed by atoms with Crippen molar-refractivity contribution in [2.45, 2.75) is 12.2 Å². The molecule has 2 rings (SSSR count). The van der Waals surface area contributed by atoms with Gasteiger partial charge in [0.2, 0.25) is 0 Å². The SMILES string of the molecule is OC1CSC1.OC1CSC1. The van der Waals surface area contributed by atoms with Gasteiger partial charge in [-0.2, -0.15) is 23.5 Å². The largest absolute Gasteiger partial charge is 0.391 e. The minimum absolute atomic E-state index is 0.0278. The summed E-state index contributed by atoms with van der Waals surface area (Å²) >= 11 is 3.59. The summed E-state index contributed by atoms with van der Waals surface area (Å²) in [6.07, 6.45) is 0.0556. The second-order valence-corrected chi connectivity index (χ2v) is 4.53. The Balaban J connectivity index is 0.0000001000. The van der Waals surface area contributed by atoms with Crippen molar-refractivity contribution in [3.8, 4) is 0 Å². The van der Waals surface area contributed by atoms with E-state index in [2.05, 4.69) is 0 Å². The molecule has 2 N–H and O–H groups in total. The number of hydrogen-bond donors (Lipinski definition) is 2. The lowest BCUT2D eigenvalue weighted by atomic mass is 10.5. The van der Waals surface area contributed by atoms with Gasteiger partial charge in [-0.15, -0.1) is 0 Å². The average molecular weight is 180 g/mol. The van der Waals surface area contributed by atoms with Crippen LogP contribution in [-0.2, 0) is 0 Å². The molecular formula is C6H12O2S2. The molecule has 60 valence electrons. The number of rotatable bonds is 0. The fraction of sp³-hybridized carbons (Fsp3) is 1.00. The summed E-state index contributed by atoms with van der Waals surface area (Å²) in [5, 5.41) is 16.9. The summed E-state index contributed by atoms with van der Waals surface area (Å²) in [5.41, 5.74) is 0. The van der Waals surface area contributed by atoms with Crippen molar-refractivity contribution >= 4 is 23.5 Å². The molecule has 2 aliphatic rings. The van der Waals surface area contributed by atoms with Gasteiger partial charge in [0, 0.05) is 23.0 Å². The Hall–Kier alpha value is 0.620. The normalized spacial score (nSPS) is 25.8. The highest BCUT2D eigenvalue weighted by molar-refractivity contribution is 8.00. The van der Waals surface area contributed by atoms with Gasteiger partial charge >= 0.3 is 0 Å². The monoisotopic (exact) mass is 180 g/mol. The Morgan fingerprint density at radius 2 is 1.00 bits per heavy atom. The minimum Gasteiger partial charge on any atom is -0.391 e. The van der Waals surface area contributed by atoms with Crippen LogP contribution >= 0.6 is 23.5 Å². The first-order valence-electron chi connectivity index (χ1n) is 3.30. The second-order valence-electron chi connectivity index (χ2n) is 2.38. The van der Waals surface area contributed by atoms with E-state index in [0.717, 1.165) is 23.0 Å². The minimum atomic E-state index is 0.0278. The van der Waals surface area contributed by atoms with Gasteiger partial charge in [-0.3, -0.25) is 0 Å². The third-order valence-electron chi connectivity index (χ3n) is 1.24. The zero-order valence-corrected chi connectivity index (χ0v) is 7.33. The van der Waals surface area contributed by atoms with Crippen molar-refractivity contribution < 1.29 is 10.2 Å². The van der Waals surface area contributed by atoms with Crippen molar-refractivity contribution in [1.29, 1.82) is 0 Å². The first-order valence-corrected chi connectivity index (χ1v) is 5.61. The van der Waals surface area contributed by atoms with Crippen LogP contribution in [-0.4, -0.2) is 45.4 Å². The molecule has 0 saturated carbocycles. The highest BCUT2D eigenvalue weighted by Gasteiger charge is 2.12. The fourth-order valence-corrected chi connectivity index (χ4v) is 1.34. The molecule has 0 amide bonds. The molecule has 2 heterocycles. The van der Waals surface area contributed by atoms with E-state index < -0.39 is 0 Å². The molecular weight excluding hydrogens is 168 g/mol. The summed E-state index contributed by atoms with van der Waals surface area (Å²) < 4.78 is 0. The lowest BCUT2D eigenvalue weighted by Gasteiger charge is -2.17. The van der Waals surface area contributed by atoms with Gasteiger partial charge in [-0.25, -0.2) is 0 Å². The molecule has 0 unspecified atom stereocenters. The van der Waals surface area contributed by atoms with Crippen LogP contribution in [0.3, 0.4) is 0 Å². The van der Waals surface area contributed by atoms with Gasteiger partial charge in [0.25, 0.3) is 0 Å². The topological polar surface area (TPSA) is 40.5 Å². The summed E-state index contributed by atoms with van der Waals surface area (Å²) in [6, 6.07) is 0. The average Bonchev–Trinajstić information content (AvgIpc) is 1.80. The molecule has 0 radical (unpaired) electrons. The predicted molar refractivity (Wildman–Crippen MR) is 46.7 cm³/mol. The van der Waals surface area contributed by atoms with Gasteiger partial charge < -0.3 is 10.2 Å². The maximum Gasteiger partial charge on any atom is 0.0720 e. The molecule has 2 saturated heterocycles. The Morgan fingerprint density at radius 3 is 1.00 bits per heavy atom. The van der Waals surface area contributed by atoms with E-state index in [1.165, 1.54) is 0 Å². The van der Waals surface area contributed by atoms with Crippen LogP contribution in [0.25, 0.3) is 0 Å². The lowest BCUT2D eigenvalue weighted by Crippen LogP contribution is -2.23. The second kappa shape index (κ2) is 4.49. The molecule has 2 aliphatic heterocycles. The van der Waals surface area contributed by atoms with Crippen molar-refractivity contribution in [2.75, 3.05) is 23.0 Å². The van der Waals surface area contributed by atoms with E-state index in [0.29, 0.717) is 0 Å². The van der Waals surface area contributed by atoms with E-state index in [4.69, 9.17) is 10.2 Å². The standard InChI is InChI=1S/2C3H6OS/c2*4-3-1-5-2-3/h2*3-4H,1-2H2. The summed E-state index contributed by atoms with van der Waals surface area (Å²) in [4.78, 5) is 0. The lowest BCUT2D eigenvalue weighted by molar-refractivity contribution is 0.213. The molecule has 10 heavy (non-hydrogen) atoms. The predicted octanol–water partition coefficient (Wildman–Crippen LogP) is 0.188. The number of thioether (sulfide) groups is 2. The maximum atomic E-state index is 8.43. The van der Waals surface area contributed by atoms with Crippen LogP contribution in [0.4, 0.5) is 0 Å². The van der Waals surface area contributed by atoms with Crippen LogP contribution in [0.15, 0.2) is 0 Å². The van der Waals surface area contributed by atoms with Crippen LogP contribution in [0, 0.1) is 0 Å². The van der Waals surface area contributed by atoms with Crippen LogP contribution in [0.5, 0.6) is 0 Å². The molecule has 0 aliphatic carbocycles. The van der Waals surface area contributed by atoms with E-state index in [-0.39, 0.29) is 12.2 Å². The zero-order chi connectivity index (χ0) is 7.40. The van der Waals surface area contributed by atoms with Crippen molar-refractivity contribution in [3.63, 3.8) is 0 Å². The molecule has 0 bridgehead atoms. The summed E-state index contributed by atoms with van der Waals surface area (Å²) in [6.45, 7) is 0. The first kappa shape index (κ1) is 8.71. The Labute approximate surface area is 69.4 Å². The molecule has 2 nitrogen and oxygen atoms in total. The highest BCUT2D eigenvalue weighted by Crippen LogP contribution is 2.16. The van der Waals surface area contributed by atoms with Crippen LogP contribution in [0.2, 0.25) is 0 Å². The third-order valence-corrected chi connectivity index (χ3v) is 3.72. The smallest absolute Gasteiger partial charge is 0.0720 e. The molecule has 0 aromatic carbocycles. The fourth-order valence-electron chi connectivity index (χ4n) is 0.447. The van der Waals surface area contributed by atoms with Gasteiger partial charge in [0.05, 0.1) is 12.2 Å². The quantitative estimate of drug-likeness (QED) is 0.558. The van der Waals surface area contributed by atoms with E-state index in [1.54, 1.807) is 23.5 Å². The number of hydrogen-bond acceptors (Lipinski definition) is 4. The third kappa shape index (κ3) is 3.14. The van der Waals surface area contributed by atoms with Crippen molar-refractivity contribution in [1.82, 2.24) is 0 Å². The summed E-state index contributed by atoms with van der Waals surface area (Å²) in [5.74, 6) is 3.83. The Morgan fingerprint density at radius 1 is 0.800 bits per heavy atom. The van der Waals surface area contributed by atoms with Crippen LogP contribution in [0.1, 0.15) is 0 Å². The molecule has 2 fully saturated rings. The highest BCUT2D eigenvalue weighted by atomic mass is 32.2. The Kier molecular flexibility index (Phi) is 3.91. The molecule has 4 heteroatoms.